The molecule has 0 aromatic heterocycles. The van der Waals surface area contributed by atoms with Crippen molar-refractivity contribution in [2.75, 3.05) is 11.9 Å². The average Bonchev–Trinajstić information content (AvgIpc) is 2.74. The van der Waals surface area contributed by atoms with Crippen molar-refractivity contribution in [3.8, 4) is 0 Å². The van der Waals surface area contributed by atoms with Gasteiger partial charge >= 0.3 is 6.03 Å². The second kappa shape index (κ2) is 11.0. The summed E-state index contributed by atoms with van der Waals surface area (Å²) in [7, 11) is 0. The number of urea groups is 1. The number of anilines is 1. The van der Waals surface area contributed by atoms with E-state index < -0.39 is 12.1 Å². The van der Waals surface area contributed by atoms with Crippen molar-refractivity contribution in [3.63, 3.8) is 0 Å². The zero-order valence-electron chi connectivity index (χ0n) is 16.5. The molecule has 1 unspecified atom stereocenters. The first-order valence-electron chi connectivity index (χ1n) is 9.79. The van der Waals surface area contributed by atoms with Gasteiger partial charge in [0.05, 0.1) is 0 Å². The van der Waals surface area contributed by atoms with Crippen LogP contribution in [0.1, 0.15) is 11.1 Å². The van der Waals surface area contributed by atoms with Crippen molar-refractivity contribution in [2.24, 2.45) is 0 Å². The molecular formula is C24H24ClN3O2. The van der Waals surface area contributed by atoms with Crippen LogP contribution in [0, 0.1) is 0 Å². The van der Waals surface area contributed by atoms with E-state index in [1.807, 2.05) is 60.7 Å². The largest absolute Gasteiger partial charge is 0.354 e. The smallest absolute Gasteiger partial charge is 0.319 e. The minimum absolute atomic E-state index is 0.226. The molecule has 3 amide bonds. The molecule has 0 aliphatic heterocycles. The van der Waals surface area contributed by atoms with Crippen LogP contribution in [-0.2, 0) is 17.6 Å². The molecule has 0 bridgehead atoms. The Morgan fingerprint density at radius 2 is 1.50 bits per heavy atom. The van der Waals surface area contributed by atoms with Crippen molar-refractivity contribution in [1.82, 2.24) is 10.6 Å². The summed E-state index contributed by atoms with van der Waals surface area (Å²) in [6.45, 7) is 0.492. The van der Waals surface area contributed by atoms with Crippen LogP contribution in [0.4, 0.5) is 10.5 Å². The number of halogens is 1. The van der Waals surface area contributed by atoms with E-state index in [9.17, 15) is 9.59 Å². The summed E-state index contributed by atoms with van der Waals surface area (Å²) in [6, 6.07) is 25.2. The van der Waals surface area contributed by atoms with Crippen molar-refractivity contribution in [1.29, 1.82) is 0 Å². The van der Waals surface area contributed by atoms with Crippen molar-refractivity contribution < 1.29 is 9.59 Å². The Kier molecular flexibility index (Phi) is 7.86. The van der Waals surface area contributed by atoms with Crippen molar-refractivity contribution >= 4 is 29.2 Å². The fraction of sp³-hybridized carbons (Fsp3) is 0.167. The van der Waals surface area contributed by atoms with E-state index in [0.717, 1.165) is 17.5 Å². The molecule has 0 saturated carbocycles. The quantitative estimate of drug-likeness (QED) is 0.503. The highest BCUT2D eigenvalue weighted by Gasteiger charge is 2.21. The summed E-state index contributed by atoms with van der Waals surface area (Å²) in [5, 5.41) is 8.95. The lowest BCUT2D eigenvalue weighted by Crippen LogP contribution is -2.49. The van der Waals surface area contributed by atoms with Crippen LogP contribution in [0.15, 0.2) is 84.9 Å². The Hall–Kier alpha value is -3.31. The molecule has 1 atom stereocenters. The fourth-order valence-corrected chi connectivity index (χ4v) is 3.24. The number of rotatable bonds is 8. The third kappa shape index (κ3) is 6.94. The van der Waals surface area contributed by atoms with E-state index in [2.05, 4.69) is 16.0 Å². The third-order valence-electron chi connectivity index (χ3n) is 4.54. The zero-order valence-corrected chi connectivity index (χ0v) is 17.2. The summed E-state index contributed by atoms with van der Waals surface area (Å²) in [5.74, 6) is -0.226. The number of nitrogens with one attached hydrogen (secondary N) is 3. The normalized spacial score (nSPS) is 11.4. The second-order valence-electron chi connectivity index (χ2n) is 6.88. The molecular weight excluding hydrogens is 398 g/mol. The van der Waals surface area contributed by atoms with Crippen LogP contribution in [0.25, 0.3) is 0 Å². The Balaban J connectivity index is 1.61. The highest BCUT2D eigenvalue weighted by Crippen LogP contribution is 2.14. The predicted molar refractivity (Wildman–Crippen MR) is 121 cm³/mol. The van der Waals surface area contributed by atoms with Crippen LogP contribution in [0.2, 0.25) is 5.02 Å². The third-order valence-corrected chi connectivity index (χ3v) is 4.78. The molecule has 30 heavy (non-hydrogen) atoms. The van der Waals surface area contributed by atoms with E-state index in [4.69, 9.17) is 11.6 Å². The molecule has 3 N–H and O–H groups in total. The summed E-state index contributed by atoms with van der Waals surface area (Å²) in [6.07, 6.45) is 1.11. The van der Waals surface area contributed by atoms with E-state index in [-0.39, 0.29) is 5.91 Å². The Labute approximate surface area is 181 Å². The number of hydrogen-bond acceptors (Lipinski definition) is 2. The summed E-state index contributed by atoms with van der Waals surface area (Å²) in [5.41, 5.74) is 2.66. The molecule has 0 aliphatic rings. The molecule has 0 saturated heterocycles. The van der Waals surface area contributed by atoms with Crippen LogP contribution < -0.4 is 16.0 Å². The lowest BCUT2D eigenvalue weighted by Gasteiger charge is -2.19. The maximum Gasteiger partial charge on any atom is 0.319 e. The second-order valence-corrected chi connectivity index (χ2v) is 7.31. The Morgan fingerprint density at radius 1 is 0.833 bits per heavy atom. The molecule has 0 spiro atoms. The predicted octanol–water partition coefficient (Wildman–Crippen LogP) is 4.43. The van der Waals surface area contributed by atoms with Gasteiger partial charge in [0.25, 0.3) is 0 Å². The van der Waals surface area contributed by atoms with E-state index in [1.54, 1.807) is 24.3 Å². The number of benzene rings is 3. The number of hydrogen-bond donors (Lipinski definition) is 3. The molecule has 3 aromatic carbocycles. The van der Waals surface area contributed by atoms with Gasteiger partial charge in [0.2, 0.25) is 5.91 Å². The Morgan fingerprint density at radius 3 is 2.17 bits per heavy atom. The van der Waals surface area contributed by atoms with Gasteiger partial charge in [0.1, 0.15) is 6.04 Å². The molecule has 6 heteroatoms. The maximum atomic E-state index is 12.8. The van der Waals surface area contributed by atoms with Crippen molar-refractivity contribution in [3.05, 3.63) is 101 Å². The Bertz CT molecular complexity index is 964. The standard InChI is InChI=1S/C24H24ClN3O2/c25-20-12-7-13-21(17-20)27-24(30)28-22(16-19-10-5-2-6-11-19)23(29)26-15-14-18-8-3-1-4-9-18/h1-13,17,22H,14-16H2,(H,26,29)(H2,27,28,30). The summed E-state index contributed by atoms with van der Waals surface area (Å²) < 4.78 is 0. The van der Waals surface area contributed by atoms with Gasteiger partial charge in [0.15, 0.2) is 0 Å². The van der Waals surface area contributed by atoms with Crippen LogP contribution in [-0.4, -0.2) is 24.5 Å². The molecule has 0 aliphatic carbocycles. The SMILES string of the molecule is O=C(Nc1cccc(Cl)c1)NC(Cc1ccccc1)C(=O)NCCc1ccccc1. The minimum atomic E-state index is -0.706. The lowest BCUT2D eigenvalue weighted by atomic mass is 10.1. The van der Waals surface area contributed by atoms with Gasteiger partial charge < -0.3 is 16.0 Å². The first-order chi connectivity index (χ1) is 14.6. The van der Waals surface area contributed by atoms with Crippen LogP contribution in [0.5, 0.6) is 0 Å². The fourth-order valence-electron chi connectivity index (χ4n) is 3.05. The highest BCUT2D eigenvalue weighted by molar-refractivity contribution is 6.30. The van der Waals surface area contributed by atoms with Gasteiger partial charge in [0, 0.05) is 23.7 Å². The number of amides is 3. The van der Waals surface area contributed by atoms with Crippen molar-refractivity contribution in [2.45, 2.75) is 18.9 Å². The van der Waals surface area contributed by atoms with Crippen LogP contribution in [0.3, 0.4) is 0 Å². The van der Waals surface area contributed by atoms with E-state index in [0.29, 0.717) is 23.7 Å². The monoisotopic (exact) mass is 421 g/mol. The van der Waals surface area contributed by atoms with Gasteiger partial charge in [-0.3, -0.25) is 4.79 Å². The summed E-state index contributed by atoms with van der Waals surface area (Å²) in [4.78, 5) is 25.3. The number of carbonyl (C=O) groups is 2. The van der Waals surface area contributed by atoms with E-state index in [1.165, 1.54) is 0 Å². The average molecular weight is 422 g/mol. The molecule has 0 radical (unpaired) electrons. The molecule has 3 rings (SSSR count). The maximum absolute atomic E-state index is 12.8. The first-order valence-corrected chi connectivity index (χ1v) is 10.2. The van der Waals surface area contributed by atoms with Gasteiger partial charge in [-0.1, -0.05) is 78.3 Å². The molecule has 0 fully saturated rings. The molecule has 5 nitrogen and oxygen atoms in total. The molecule has 0 heterocycles. The first kappa shape index (κ1) is 21.4. The zero-order chi connectivity index (χ0) is 21.2. The lowest BCUT2D eigenvalue weighted by molar-refractivity contribution is -0.122. The number of carbonyl (C=O) groups excluding carboxylic acids is 2. The van der Waals surface area contributed by atoms with Gasteiger partial charge in [-0.25, -0.2) is 4.79 Å². The molecule has 3 aromatic rings. The van der Waals surface area contributed by atoms with E-state index >= 15 is 0 Å². The van der Waals surface area contributed by atoms with Crippen LogP contribution >= 0.6 is 11.6 Å². The summed E-state index contributed by atoms with van der Waals surface area (Å²) >= 11 is 5.96. The van der Waals surface area contributed by atoms with Gasteiger partial charge in [-0.15, -0.1) is 0 Å². The molecule has 154 valence electrons. The van der Waals surface area contributed by atoms with Gasteiger partial charge in [-0.05, 0) is 35.7 Å². The van der Waals surface area contributed by atoms with Gasteiger partial charge in [-0.2, -0.15) is 0 Å². The minimum Gasteiger partial charge on any atom is -0.354 e. The topological polar surface area (TPSA) is 70.2 Å². The highest BCUT2D eigenvalue weighted by atomic mass is 35.5.